The zero-order valence-electron chi connectivity index (χ0n) is 18.0. The molecule has 0 spiro atoms. The average molecular weight is 529 g/mol. The van der Waals surface area contributed by atoms with Crippen molar-refractivity contribution in [1.82, 2.24) is 5.32 Å². The summed E-state index contributed by atoms with van der Waals surface area (Å²) < 4.78 is 28.0. The summed E-state index contributed by atoms with van der Waals surface area (Å²) in [6.45, 7) is 0.217. The topological polar surface area (TPSA) is 113 Å². The first-order chi connectivity index (χ1) is 16.6. The van der Waals surface area contributed by atoms with E-state index < -0.39 is 16.0 Å². The lowest BCUT2D eigenvalue weighted by molar-refractivity contribution is 0.0696. The third-order valence-corrected chi connectivity index (χ3v) is 6.97. The Kier molecular flexibility index (Phi) is 6.98. The highest BCUT2D eigenvalue weighted by Gasteiger charge is 2.17. The summed E-state index contributed by atoms with van der Waals surface area (Å²) in [5, 5.41) is 13.5. The first-order valence-corrected chi connectivity index (χ1v) is 12.5. The fourth-order valence-electron chi connectivity index (χ4n) is 3.49. The number of hydrogen-bond donors (Lipinski definition) is 3. The van der Waals surface area contributed by atoms with Crippen LogP contribution in [-0.2, 0) is 16.6 Å². The zero-order chi connectivity index (χ0) is 25.2. The first kappa shape index (κ1) is 24.5. The number of aromatic carboxylic acids is 1. The molecule has 0 saturated heterocycles. The molecule has 0 saturated carbocycles. The second kappa shape index (κ2) is 9.95. The van der Waals surface area contributed by atoms with Gasteiger partial charge >= 0.3 is 5.97 Å². The van der Waals surface area contributed by atoms with E-state index in [2.05, 4.69) is 10.0 Å². The van der Waals surface area contributed by atoms with Crippen molar-refractivity contribution in [3.63, 3.8) is 0 Å². The Bertz CT molecular complexity index is 1530. The van der Waals surface area contributed by atoms with Crippen molar-refractivity contribution in [1.29, 1.82) is 0 Å². The number of benzene rings is 4. The van der Waals surface area contributed by atoms with Crippen molar-refractivity contribution in [2.45, 2.75) is 11.4 Å². The molecule has 0 fully saturated rings. The molecule has 178 valence electrons. The first-order valence-electron chi connectivity index (χ1n) is 10.2. The van der Waals surface area contributed by atoms with E-state index in [1.165, 1.54) is 30.3 Å². The maximum absolute atomic E-state index is 12.8. The van der Waals surface area contributed by atoms with Crippen LogP contribution in [0.15, 0.2) is 83.8 Å². The molecule has 0 aliphatic carbocycles. The lowest BCUT2D eigenvalue weighted by atomic mass is 10.0. The highest BCUT2D eigenvalue weighted by Crippen LogP contribution is 2.27. The number of halogens is 2. The van der Waals surface area contributed by atoms with Crippen LogP contribution in [0.2, 0.25) is 10.0 Å². The number of sulfonamides is 1. The Balaban J connectivity index is 1.53. The molecule has 0 aliphatic heterocycles. The molecule has 0 bridgehead atoms. The van der Waals surface area contributed by atoms with Crippen molar-refractivity contribution in [3.05, 3.63) is 106 Å². The molecule has 35 heavy (non-hydrogen) atoms. The van der Waals surface area contributed by atoms with Crippen molar-refractivity contribution >= 4 is 61.6 Å². The van der Waals surface area contributed by atoms with Crippen LogP contribution in [0.4, 0.5) is 5.69 Å². The molecule has 3 N–H and O–H groups in total. The number of hydrogen-bond acceptors (Lipinski definition) is 4. The molecule has 0 heterocycles. The minimum atomic E-state index is -3.94. The third-order valence-electron chi connectivity index (χ3n) is 5.18. The monoisotopic (exact) mass is 528 g/mol. The van der Waals surface area contributed by atoms with Crippen LogP contribution in [0.5, 0.6) is 0 Å². The van der Waals surface area contributed by atoms with Gasteiger partial charge in [-0.2, -0.15) is 0 Å². The molecule has 4 aromatic rings. The summed E-state index contributed by atoms with van der Waals surface area (Å²) in [4.78, 5) is 23.7. The van der Waals surface area contributed by atoms with Crippen molar-refractivity contribution in [2.75, 3.05) is 4.72 Å². The Labute approximate surface area is 211 Å². The molecule has 0 aromatic heterocycles. The van der Waals surface area contributed by atoms with Gasteiger partial charge in [0, 0.05) is 27.8 Å². The van der Waals surface area contributed by atoms with Crippen LogP contribution in [0, 0.1) is 0 Å². The largest absolute Gasteiger partial charge is 0.478 e. The van der Waals surface area contributed by atoms with E-state index in [-0.39, 0.29) is 33.0 Å². The Morgan fingerprint density at radius 1 is 0.857 bits per heavy atom. The number of fused-ring (bicyclic) bond motifs is 1. The van der Waals surface area contributed by atoms with Crippen molar-refractivity contribution < 1.29 is 23.1 Å². The van der Waals surface area contributed by atoms with E-state index in [0.29, 0.717) is 22.0 Å². The number of nitrogens with one attached hydrogen (secondary N) is 2. The lowest BCUT2D eigenvalue weighted by Gasteiger charge is -2.12. The predicted octanol–water partition coefficient (Wildman–Crippen LogP) is 5.58. The predicted molar refractivity (Wildman–Crippen MR) is 136 cm³/mol. The number of anilines is 1. The van der Waals surface area contributed by atoms with Gasteiger partial charge in [0.15, 0.2) is 0 Å². The summed E-state index contributed by atoms with van der Waals surface area (Å²) in [5.74, 6) is -1.34. The van der Waals surface area contributed by atoms with Crippen LogP contribution >= 0.6 is 23.2 Å². The number of carbonyl (C=O) groups is 2. The van der Waals surface area contributed by atoms with E-state index in [4.69, 9.17) is 28.3 Å². The molecule has 0 radical (unpaired) electrons. The van der Waals surface area contributed by atoms with Crippen molar-refractivity contribution in [2.24, 2.45) is 0 Å². The maximum atomic E-state index is 12.8. The van der Waals surface area contributed by atoms with Gasteiger partial charge < -0.3 is 10.4 Å². The highest BCUT2D eigenvalue weighted by atomic mass is 35.5. The van der Waals surface area contributed by atoms with E-state index in [1.807, 2.05) is 0 Å². The van der Waals surface area contributed by atoms with Crippen LogP contribution in [0.3, 0.4) is 0 Å². The third kappa shape index (κ3) is 5.74. The summed E-state index contributed by atoms with van der Waals surface area (Å²) in [7, 11) is -3.94. The number of carboxylic acid groups (broad SMARTS) is 1. The van der Waals surface area contributed by atoms with Crippen molar-refractivity contribution in [3.8, 4) is 0 Å². The smallest absolute Gasteiger partial charge is 0.335 e. The summed E-state index contributed by atoms with van der Waals surface area (Å²) in [5.41, 5.74) is 1.64. The van der Waals surface area contributed by atoms with Gasteiger partial charge in [-0.1, -0.05) is 53.5 Å². The quantitative estimate of drug-likeness (QED) is 0.290. The number of amides is 1. The fraction of sp³-hybridized carbons (Fsp3) is 0.0400. The molecular weight excluding hydrogens is 511 g/mol. The molecule has 0 atom stereocenters. The molecule has 4 aromatic carbocycles. The Hall–Kier alpha value is -3.59. The van der Waals surface area contributed by atoms with Gasteiger partial charge in [-0.15, -0.1) is 0 Å². The van der Waals surface area contributed by atoms with Gasteiger partial charge in [-0.3, -0.25) is 9.52 Å². The van der Waals surface area contributed by atoms with E-state index in [1.54, 1.807) is 48.5 Å². The minimum Gasteiger partial charge on any atom is -0.478 e. The van der Waals surface area contributed by atoms with E-state index in [9.17, 15) is 18.0 Å². The molecule has 0 unspecified atom stereocenters. The summed E-state index contributed by atoms with van der Waals surface area (Å²) >= 11 is 11.9. The molecule has 0 aliphatic rings. The van der Waals surface area contributed by atoms with Gasteiger partial charge in [0.05, 0.1) is 10.5 Å². The van der Waals surface area contributed by atoms with Gasteiger partial charge in [0.2, 0.25) is 0 Å². The number of carbonyl (C=O) groups excluding carboxylic acids is 1. The SMILES string of the molecule is O=C(O)c1ccc(CNC(=O)c2cccc3cc(NS(=O)(=O)c4cc(Cl)cc(Cl)c4)ccc23)cc1. The molecule has 10 heteroatoms. The lowest BCUT2D eigenvalue weighted by Crippen LogP contribution is -2.23. The second-order valence-electron chi connectivity index (χ2n) is 7.64. The van der Waals surface area contributed by atoms with Crippen LogP contribution in [0.1, 0.15) is 26.3 Å². The van der Waals surface area contributed by atoms with Gasteiger partial charge in [-0.25, -0.2) is 13.2 Å². The Morgan fingerprint density at radius 2 is 1.54 bits per heavy atom. The molecule has 4 rings (SSSR count). The molecule has 1 amide bonds. The van der Waals surface area contributed by atoms with Crippen LogP contribution in [0.25, 0.3) is 10.8 Å². The highest BCUT2D eigenvalue weighted by molar-refractivity contribution is 7.92. The fourth-order valence-corrected chi connectivity index (χ4v) is 5.26. The van der Waals surface area contributed by atoms with Crippen LogP contribution < -0.4 is 10.0 Å². The second-order valence-corrected chi connectivity index (χ2v) is 10.2. The number of rotatable bonds is 7. The minimum absolute atomic E-state index is 0.0698. The van der Waals surface area contributed by atoms with Gasteiger partial charge in [0.25, 0.3) is 15.9 Å². The molecular formula is C25H18Cl2N2O5S. The maximum Gasteiger partial charge on any atom is 0.335 e. The summed E-state index contributed by atoms with van der Waals surface area (Å²) in [6, 6.07) is 20.3. The average Bonchev–Trinajstić information content (AvgIpc) is 2.81. The van der Waals surface area contributed by atoms with E-state index >= 15 is 0 Å². The van der Waals surface area contributed by atoms with Gasteiger partial charge in [-0.05, 0) is 64.9 Å². The summed E-state index contributed by atoms with van der Waals surface area (Å²) in [6.07, 6.45) is 0. The number of carboxylic acids is 1. The molecule has 7 nitrogen and oxygen atoms in total. The van der Waals surface area contributed by atoms with Gasteiger partial charge in [0.1, 0.15) is 0 Å². The zero-order valence-corrected chi connectivity index (χ0v) is 20.3. The van der Waals surface area contributed by atoms with Crippen LogP contribution in [-0.4, -0.2) is 25.4 Å². The Morgan fingerprint density at radius 3 is 2.20 bits per heavy atom. The van der Waals surface area contributed by atoms with E-state index in [0.717, 1.165) is 5.56 Å². The normalized spacial score (nSPS) is 11.3. The standard InChI is InChI=1S/C25H18Cl2N2O5S/c26-18-11-19(27)13-21(12-18)35(33,34)29-20-8-9-22-17(10-20)2-1-3-23(22)24(30)28-14-15-4-6-16(7-5-15)25(31)32/h1-13,29H,14H2,(H,28,30)(H,31,32).